The molecule has 0 amide bonds. The van der Waals surface area contributed by atoms with Crippen molar-refractivity contribution >= 4 is 0 Å². The molecule has 0 saturated heterocycles. The number of halogens is 1. The lowest BCUT2D eigenvalue weighted by atomic mass is 9.89. The molecule has 2 heteroatoms. The van der Waals surface area contributed by atoms with Crippen molar-refractivity contribution in [3.8, 4) is 11.1 Å². The summed E-state index contributed by atoms with van der Waals surface area (Å²) in [6, 6.07) is 7.66. The van der Waals surface area contributed by atoms with Crippen molar-refractivity contribution in [3.05, 3.63) is 57.9 Å². The third kappa shape index (κ3) is 1.95. The summed E-state index contributed by atoms with van der Waals surface area (Å²) < 4.78 is 13.9. The van der Waals surface area contributed by atoms with E-state index in [9.17, 15) is 9.50 Å². The summed E-state index contributed by atoms with van der Waals surface area (Å²) in [7, 11) is 0. The first kappa shape index (κ1) is 13.3. The van der Waals surface area contributed by atoms with Crippen molar-refractivity contribution < 1.29 is 9.50 Å². The van der Waals surface area contributed by atoms with Gasteiger partial charge in [0.25, 0.3) is 0 Å². The van der Waals surface area contributed by atoms with Crippen LogP contribution in [0, 0.1) is 26.6 Å². The highest BCUT2D eigenvalue weighted by Gasteiger charge is 2.27. The number of aliphatic hydroxyl groups excluding tert-OH is 1. The van der Waals surface area contributed by atoms with Gasteiger partial charge in [0.05, 0.1) is 6.10 Å². The van der Waals surface area contributed by atoms with Crippen molar-refractivity contribution in [1.82, 2.24) is 0 Å². The van der Waals surface area contributed by atoms with E-state index < -0.39 is 6.10 Å². The van der Waals surface area contributed by atoms with E-state index >= 15 is 0 Å². The van der Waals surface area contributed by atoms with Crippen LogP contribution in [0.25, 0.3) is 11.1 Å². The summed E-state index contributed by atoms with van der Waals surface area (Å²) in [4.78, 5) is 0. The largest absolute Gasteiger partial charge is 0.388 e. The molecule has 1 nitrogen and oxygen atoms in total. The summed E-state index contributed by atoms with van der Waals surface area (Å²) in [6.45, 7) is 6.27. The van der Waals surface area contributed by atoms with Crippen molar-refractivity contribution in [1.29, 1.82) is 0 Å². The summed E-state index contributed by atoms with van der Waals surface area (Å²) in [5, 5.41) is 9.98. The Morgan fingerprint density at radius 3 is 2.40 bits per heavy atom. The molecule has 1 aliphatic rings. The minimum absolute atomic E-state index is 0.281. The lowest BCUT2D eigenvalue weighted by molar-refractivity contribution is 0.176. The maximum Gasteiger partial charge on any atom is 0.129 e. The van der Waals surface area contributed by atoms with Gasteiger partial charge < -0.3 is 5.11 Å². The van der Waals surface area contributed by atoms with Crippen molar-refractivity contribution in [3.63, 3.8) is 0 Å². The summed E-state index contributed by atoms with van der Waals surface area (Å²) >= 11 is 0. The van der Waals surface area contributed by atoms with Crippen LogP contribution in [0.2, 0.25) is 0 Å². The number of hydrogen-bond donors (Lipinski definition) is 1. The summed E-state index contributed by atoms with van der Waals surface area (Å²) in [5.41, 5.74) is 7.39. The van der Waals surface area contributed by atoms with Crippen LogP contribution in [-0.2, 0) is 6.42 Å². The Labute approximate surface area is 119 Å². The highest BCUT2D eigenvalue weighted by Crippen LogP contribution is 2.41. The lowest BCUT2D eigenvalue weighted by Crippen LogP contribution is -1.99. The van der Waals surface area contributed by atoms with Crippen LogP contribution in [0.3, 0.4) is 0 Å². The van der Waals surface area contributed by atoms with Crippen LogP contribution in [0.4, 0.5) is 4.39 Å². The van der Waals surface area contributed by atoms with Crippen LogP contribution < -0.4 is 0 Å². The number of fused-ring (bicyclic) bond motifs is 1. The predicted molar refractivity (Wildman–Crippen MR) is 79.3 cm³/mol. The number of benzene rings is 2. The van der Waals surface area contributed by atoms with Crippen LogP contribution in [0.1, 0.15) is 40.3 Å². The normalized spacial score (nSPS) is 17.4. The van der Waals surface area contributed by atoms with Crippen LogP contribution in [-0.4, -0.2) is 5.11 Å². The Morgan fingerprint density at radius 1 is 1.10 bits per heavy atom. The molecule has 0 bridgehead atoms. The van der Waals surface area contributed by atoms with Gasteiger partial charge in [0, 0.05) is 5.56 Å². The molecule has 104 valence electrons. The van der Waals surface area contributed by atoms with Crippen molar-refractivity contribution in [2.75, 3.05) is 0 Å². The summed E-state index contributed by atoms with van der Waals surface area (Å²) in [5.74, 6) is -0.281. The Morgan fingerprint density at radius 2 is 1.75 bits per heavy atom. The van der Waals surface area contributed by atoms with Crippen molar-refractivity contribution in [2.24, 2.45) is 0 Å². The molecule has 1 N–H and O–H groups in total. The molecule has 20 heavy (non-hydrogen) atoms. The number of hydrogen-bond acceptors (Lipinski definition) is 1. The molecule has 0 heterocycles. The zero-order valence-electron chi connectivity index (χ0n) is 12.1. The minimum Gasteiger partial charge on any atom is -0.388 e. The molecule has 0 aliphatic heterocycles. The van der Waals surface area contributed by atoms with Gasteiger partial charge in [-0.1, -0.05) is 23.8 Å². The second kappa shape index (κ2) is 4.71. The van der Waals surface area contributed by atoms with Crippen LogP contribution in [0.5, 0.6) is 0 Å². The van der Waals surface area contributed by atoms with Crippen molar-refractivity contribution in [2.45, 2.75) is 39.7 Å². The zero-order chi connectivity index (χ0) is 14.4. The highest BCUT2D eigenvalue weighted by molar-refractivity contribution is 5.76. The average Bonchev–Trinajstić information content (AvgIpc) is 2.74. The Bertz CT molecular complexity index is 665. The van der Waals surface area contributed by atoms with E-state index in [0.717, 1.165) is 17.5 Å². The molecule has 1 unspecified atom stereocenters. The quantitative estimate of drug-likeness (QED) is 0.814. The molecule has 0 saturated carbocycles. The first-order chi connectivity index (χ1) is 9.49. The second-order valence-corrected chi connectivity index (χ2v) is 5.82. The molecule has 1 atom stereocenters. The SMILES string of the molecule is Cc1cc(C)c(-c2ccc(F)c3c2CCC3O)c(C)c1. The van der Waals surface area contributed by atoms with Gasteiger partial charge in [0.15, 0.2) is 0 Å². The minimum atomic E-state index is -0.656. The first-order valence-corrected chi connectivity index (χ1v) is 7.06. The van der Waals surface area contributed by atoms with Gasteiger partial charge in [-0.2, -0.15) is 0 Å². The molecule has 0 aromatic heterocycles. The fraction of sp³-hybridized carbons (Fsp3) is 0.333. The molecule has 2 aromatic carbocycles. The van der Waals surface area contributed by atoms with Gasteiger partial charge in [-0.25, -0.2) is 4.39 Å². The Balaban J connectivity index is 2.28. The van der Waals surface area contributed by atoms with E-state index in [1.165, 1.54) is 28.3 Å². The van der Waals surface area contributed by atoms with E-state index in [-0.39, 0.29) is 5.82 Å². The van der Waals surface area contributed by atoms with Gasteiger partial charge in [-0.3, -0.25) is 0 Å². The average molecular weight is 270 g/mol. The van der Waals surface area contributed by atoms with Gasteiger partial charge >= 0.3 is 0 Å². The Hall–Kier alpha value is -1.67. The van der Waals surface area contributed by atoms with Crippen LogP contribution >= 0.6 is 0 Å². The fourth-order valence-corrected chi connectivity index (χ4v) is 3.53. The van der Waals surface area contributed by atoms with E-state index in [1.807, 2.05) is 6.07 Å². The predicted octanol–water partition coefficient (Wildman–Crippen LogP) is 4.40. The molecule has 0 fully saturated rings. The van der Waals surface area contributed by atoms with Gasteiger partial charge in [0.1, 0.15) is 5.82 Å². The number of aryl methyl sites for hydroxylation is 3. The molecule has 1 aliphatic carbocycles. The fourth-order valence-electron chi connectivity index (χ4n) is 3.53. The van der Waals surface area contributed by atoms with E-state index in [2.05, 4.69) is 32.9 Å². The van der Waals surface area contributed by atoms with E-state index in [1.54, 1.807) is 0 Å². The van der Waals surface area contributed by atoms with Gasteiger partial charge in [0.2, 0.25) is 0 Å². The topological polar surface area (TPSA) is 20.2 Å². The third-order valence-electron chi connectivity index (χ3n) is 4.25. The monoisotopic (exact) mass is 270 g/mol. The lowest BCUT2D eigenvalue weighted by Gasteiger charge is -2.16. The first-order valence-electron chi connectivity index (χ1n) is 7.06. The Kier molecular flexibility index (Phi) is 3.14. The third-order valence-corrected chi connectivity index (χ3v) is 4.25. The highest BCUT2D eigenvalue weighted by atomic mass is 19.1. The number of rotatable bonds is 1. The zero-order valence-corrected chi connectivity index (χ0v) is 12.1. The molecule has 0 radical (unpaired) electrons. The maximum absolute atomic E-state index is 13.9. The summed E-state index contributed by atoms with van der Waals surface area (Å²) in [6.07, 6.45) is 0.708. The number of aliphatic hydroxyl groups is 1. The smallest absolute Gasteiger partial charge is 0.129 e. The van der Waals surface area contributed by atoms with Crippen LogP contribution in [0.15, 0.2) is 24.3 Å². The van der Waals surface area contributed by atoms with E-state index in [4.69, 9.17) is 0 Å². The molecule has 3 rings (SSSR count). The van der Waals surface area contributed by atoms with Gasteiger partial charge in [-0.05, 0) is 67.5 Å². The standard InChI is InChI=1S/C18H19FO/c1-10-8-11(2)17(12(3)9-10)13-4-6-15(19)18-14(13)5-7-16(18)20/h4,6,8-9,16,20H,5,7H2,1-3H3. The molecular formula is C18H19FO. The maximum atomic E-state index is 13.9. The molecule has 2 aromatic rings. The van der Waals surface area contributed by atoms with Gasteiger partial charge in [-0.15, -0.1) is 0 Å². The molecular weight excluding hydrogens is 251 g/mol. The van der Waals surface area contributed by atoms with E-state index in [0.29, 0.717) is 12.0 Å². The molecule has 0 spiro atoms. The second-order valence-electron chi connectivity index (χ2n) is 5.82.